The number of nitrogen functional groups attached to an aromatic ring is 1. The first-order valence-electron chi connectivity index (χ1n) is 6.83. The second-order valence-corrected chi connectivity index (χ2v) is 5.64. The van der Waals surface area contributed by atoms with Gasteiger partial charge in [0.1, 0.15) is 0 Å². The van der Waals surface area contributed by atoms with Crippen LogP contribution in [0.1, 0.15) is 11.3 Å². The van der Waals surface area contributed by atoms with Gasteiger partial charge < -0.3 is 11.1 Å². The Kier molecular flexibility index (Phi) is 11.3. The van der Waals surface area contributed by atoms with Gasteiger partial charge in [0.2, 0.25) is 5.91 Å². The number of nitrogens with two attached hydrogens (primary N) is 1. The van der Waals surface area contributed by atoms with Gasteiger partial charge >= 0.3 is 0 Å². The Bertz CT molecular complexity index is 567. The quantitative estimate of drug-likeness (QED) is 0.731. The second kappa shape index (κ2) is 12.0. The van der Waals surface area contributed by atoms with E-state index in [9.17, 15) is 4.79 Å². The van der Waals surface area contributed by atoms with Crippen LogP contribution in [0.4, 0.5) is 5.69 Å². The first-order chi connectivity index (χ1) is 10.2. The molecule has 0 radical (unpaired) electrons. The molecular formula is C16H21Cl2N3OS. The van der Waals surface area contributed by atoms with E-state index in [-0.39, 0.29) is 30.7 Å². The number of benzene rings is 1. The zero-order valence-corrected chi connectivity index (χ0v) is 15.1. The number of nitrogens with zero attached hydrogens (tertiary/aromatic N) is 1. The van der Waals surface area contributed by atoms with Crippen LogP contribution in [-0.2, 0) is 17.0 Å². The Morgan fingerprint density at radius 2 is 1.87 bits per heavy atom. The van der Waals surface area contributed by atoms with Crippen molar-refractivity contribution in [3.63, 3.8) is 0 Å². The maximum absolute atomic E-state index is 11.7. The van der Waals surface area contributed by atoms with Crippen molar-refractivity contribution in [1.29, 1.82) is 0 Å². The van der Waals surface area contributed by atoms with E-state index in [0.29, 0.717) is 12.3 Å². The molecule has 0 saturated carbocycles. The number of thioether (sulfide) groups is 1. The number of nitrogens with one attached hydrogen (secondary N) is 1. The monoisotopic (exact) mass is 373 g/mol. The summed E-state index contributed by atoms with van der Waals surface area (Å²) in [5.74, 6) is 1.27. The lowest BCUT2D eigenvalue weighted by molar-refractivity contribution is -0.118. The van der Waals surface area contributed by atoms with Crippen molar-refractivity contribution in [3.05, 3.63) is 59.9 Å². The van der Waals surface area contributed by atoms with E-state index in [1.54, 1.807) is 18.0 Å². The van der Waals surface area contributed by atoms with Gasteiger partial charge in [0.15, 0.2) is 0 Å². The molecule has 0 fully saturated rings. The van der Waals surface area contributed by atoms with Crippen molar-refractivity contribution in [1.82, 2.24) is 10.3 Å². The second-order valence-electron chi connectivity index (χ2n) is 4.66. The predicted molar refractivity (Wildman–Crippen MR) is 102 cm³/mol. The Labute approximate surface area is 153 Å². The molecule has 0 unspecified atom stereocenters. The van der Waals surface area contributed by atoms with E-state index in [4.69, 9.17) is 5.73 Å². The molecule has 1 amide bonds. The molecule has 2 aromatic rings. The first-order valence-corrected chi connectivity index (χ1v) is 7.98. The van der Waals surface area contributed by atoms with Gasteiger partial charge in [-0.3, -0.25) is 9.78 Å². The minimum Gasteiger partial charge on any atom is -0.399 e. The molecule has 1 aromatic heterocycles. The molecule has 0 aliphatic heterocycles. The number of amides is 1. The van der Waals surface area contributed by atoms with Crippen molar-refractivity contribution in [3.8, 4) is 0 Å². The zero-order chi connectivity index (χ0) is 14.9. The van der Waals surface area contributed by atoms with Crippen molar-refractivity contribution >= 4 is 48.2 Å². The molecule has 1 heterocycles. The molecule has 7 heteroatoms. The van der Waals surface area contributed by atoms with Gasteiger partial charge in [-0.15, -0.1) is 36.6 Å². The number of rotatable bonds is 7. The van der Waals surface area contributed by atoms with Crippen LogP contribution in [0.3, 0.4) is 0 Å². The maximum atomic E-state index is 11.7. The smallest absolute Gasteiger partial charge is 0.230 e. The fourth-order valence-corrected chi connectivity index (χ4v) is 2.58. The van der Waals surface area contributed by atoms with E-state index < -0.39 is 0 Å². The van der Waals surface area contributed by atoms with Crippen LogP contribution in [0, 0.1) is 0 Å². The van der Waals surface area contributed by atoms with Gasteiger partial charge in [-0.05, 0) is 36.2 Å². The van der Waals surface area contributed by atoms with Crippen LogP contribution in [0.25, 0.3) is 0 Å². The van der Waals surface area contributed by atoms with E-state index in [2.05, 4.69) is 10.3 Å². The Morgan fingerprint density at radius 3 is 2.52 bits per heavy atom. The third-order valence-corrected chi connectivity index (χ3v) is 3.89. The minimum atomic E-state index is 0. The fraction of sp³-hybridized carbons (Fsp3) is 0.250. The number of halogens is 2. The van der Waals surface area contributed by atoms with Crippen molar-refractivity contribution in [2.45, 2.75) is 12.2 Å². The molecule has 0 spiro atoms. The lowest BCUT2D eigenvalue weighted by Crippen LogP contribution is -2.27. The van der Waals surface area contributed by atoms with Crippen molar-refractivity contribution < 1.29 is 4.79 Å². The first kappa shape index (κ1) is 21.6. The summed E-state index contributed by atoms with van der Waals surface area (Å²) in [4.78, 5) is 15.9. The Balaban J connectivity index is 0.00000242. The van der Waals surface area contributed by atoms with Crippen LogP contribution in [0.2, 0.25) is 0 Å². The van der Waals surface area contributed by atoms with E-state index in [1.165, 1.54) is 5.56 Å². The molecule has 1 aromatic carbocycles. The van der Waals surface area contributed by atoms with Gasteiger partial charge in [-0.25, -0.2) is 0 Å². The highest BCUT2D eigenvalue weighted by Crippen LogP contribution is 2.09. The normalized spacial score (nSPS) is 9.39. The number of aromatic nitrogens is 1. The van der Waals surface area contributed by atoms with Gasteiger partial charge in [0.25, 0.3) is 0 Å². The Hall–Kier alpha value is -1.43. The van der Waals surface area contributed by atoms with Gasteiger partial charge in [-0.1, -0.05) is 18.2 Å². The van der Waals surface area contributed by atoms with Gasteiger partial charge in [0.05, 0.1) is 11.4 Å². The van der Waals surface area contributed by atoms with Crippen LogP contribution in [0.5, 0.6) is 0 Å². The lowest BCUT2D eigenvalue weighted by atomic mass is 10.1. The zero-order valence-electron chi connectivity index (χ0n) is 12.6. The summed E-state index contributed by atoms with van der Waals surface area (Å²) >= 11 is 1.57. The highest BCUT2D eigenvalue weighted by molar-refractivity contribution is 7.99. The molecule has 23 heavy (non-hydrogen) atoms. The average molecular weight is 374 g/mol. The van der Waals surface area contributed by atoms with Crippen LogP contribution < -0.4 is 11.1 Å². The largest absolute Gasteiger partial charge is 0.399 e. The van der Waals surface area contributed by atoms with Crippen molar-refractivity contribution in [2.75, 3.05) is 18.0 Å². The third-order valence-electron chi connectivity index (χ3n) is 2.92. The predicted octanol–water partition coefficient (Wildman–Crippen LogP) is 3.10. The minimum absolute atomic E-state index is 0. The number of carbonyl (C=O) groups excluding carboxylic acids is 1. The number of pyridine rings is 1. The fourth-order valence-electron chi connectivity index (χ4n) is 1.81. The molecule has 0 saturated heterocycles. The summed E-state index contributed by atoms with van der Waals surface area (Å²) in [6, 6.07) is 13.5. The molecule has 0 aliphatic carbocycles. The summed E-state index contributed by atoms with van der Waals surface area (Å²) in [7, 11) is 0. The Morgan fingerprint density at radius 1 is 1.13 bits per heavy atom. The highest BCUT2D eigenvalue weighted by Gasteiger charge is 2.02. The molecule has 0 aliphatic rings. The topological polar surface area (TPSA) is 68.0 Å². The van der Waals surface area contributed by atoms with Crippen LogP contribution >= 0.6 is 36.6 Å². The summed E-state index contributed by atoms with van der Waals surface area (Å²) in [6.07, 6.45) is 2.58. The summed E-state index contributed by atoms with van der Waals surface area (Å²) in [5.41, 5.74) is 8.56. The van der Waals surface area contributed by atoms with Crippen LogP contribution in [-0.4, -0.2) is 23.2 Å². The maximum Gasteiger partial charge on any atom is 0.230 e. The SMILES string of the molecule is Cl.Cl.Nc1ccc(CCNC(=O)CSCc2ccccn2)cc1. The molecule has 3 N–H and O–H groups in total. The molecule has 4 nitrogen and oxygen atoms in total. The molecular weight excluding hydrogens is 353 g/mol. The number of carbonyl (C=O) groups is 1. The summed E-state index contributed by atoms with van der Waals surface area (Å²) in [6.45, 7) is 0.646. The third kappa shape index (κ3) is 8.69. The lowest BCUT2D eigenvalue weighted by Gasteiger charge is -2.05. The van der Waals surface area contributed by atoms with Crippen LogP contribution in [0.15, 0.2) is 48.7 Å². The molecule has 0 atom stereocenters. The van der Waals surface area contributed by atoms with Gasteiger partial charge in [0, 0.05) is 24.2 Å². The number of hydrogen-bond acceptors (Lipinski definition) is 4. The summed E-state index contributed by atoms with van der Waals surface area (Å²) in [5, 5.41) is 2.92. The molecule has 2 rings (SSSR count). The molecule has 0 bridgehead atoms. The van der Waals surface area contributed by atoms with E-state index in [0.717, 1.165) is 23.6 Å². The summed E-state index contributed by atoms with van der Waals surface area (Å²) < 4.78 is 0. The van der Waals surface area contributed by atoms with E-state index in [1.807, 2.05) is 42.5 Å². The molecule has 126 valence electrons. The van der Waals surface area contributed by atoms with Gasteiger partial charge in [-0.2, -0.15) is 0 Å². The number of hydrogen-bond donors (Lipinski definition) is 2. The van der Waals surface area contributed by atoms with E-state index >= 15 is 0 Å². The number of anilines is 1. The average Bonchev–Trinajstić information content (AvgIpc) is 2.50. The van der Waals surface area contributed by atoms with Crippen molar-refractivity contribution in [2.24, 2.45) is 0 Å². The standard InChI is InChI=1S/C16H19N3OS.2ClH/c17-14-6-4-13(5-7-14)8-10-19-16(20)12-21-11-15-3-1-2-9-18-15;;/h1-7,9H,8,10-12,17H2,(H,19,20);2*1H. The highest BCUT2D eigenvalue weighted by atomic mass is 35.5.